The molecule has 0 unspecified atom stereocenters. The molecular weight excluding hydrogens is 274 g/mol. The van der Waals surface area contributed by atoms with Crippen LogP contribution in [0.25, 0.3) is 10.9 Å². The first kappa shape index (κ1) is 15.0. The zero-order chi connectivity index (χ0) is 14.9. The fraction of sp³-hybridized carbons (Fsp3) is 0.429. The molecule has 0 saturated carbocycles. The van der Waals surface area contributed by atoms with Crippen molar-refractivity contribution in [2.45, 2.75) is 6.42 Å². The van der Waals surface area contributed by atoms with Crippen molar-refractivity contribution in [1.29, 1.82) is 0 Å². The van der Waals surface area contributed by atoms with Crippen LogP contribution in [0.2, 0.25) is 0 Å². The lowest BCUT2D eigenvalue weighted by molar-refractivity contribution is 0.414. The van der Waals surface area contributed by atoms with E-state index in [1.54, 1.807) is 6.20 Å². The van der Waals surface area contributed by atoms with Crippen molar-refractivity contribution in [2.75, 3.05) is 34.7 Å². The summed E-state index contributed by atoms with van der Waals surface area (Å²) in [5.74, 6) is 0. The van der Waals surface area contributed by atoms with Crippen molar-refractivity contribution in [3.8, 4) is 0 Å². The van der Waals surface area contributed by atoms with Gasteiger partial charge >= 0.3 is 10.2 Å². The molecule has 0 aliphatic rings. The van der Waals surface area contributed by atoms with Crippen LogP contribution in [0, 0.1) is 0 Å². The van der Waals surface area contributed by atoms with E-state index in [-0.39, 0.29) is 0 Å². The van der Waals surface area contributed by atoms with E-state index in [0.29, 0.717) is 0 Å². The summed E-state index contributed by atoms with van der Waals surface area (Å²) in [6.07, 6.45) is 2.52. The lowest BCUT2D eigenvalue weighted by atomic mass is 10.1. The number of fused-ring (bicyclic) bond motifs is 1. The number of hydrogen-bond donors (Lipinski definition) is 0. The predicted molar refractivity (Wildman–Crippen MR) is 82.2 cm³/mol. The van der Waals surface area contributed by atoms with Crippen LogP contribution in [0.5, 0.6) is 0 Å². The largest absolute Gasteiger partial charge is 0.309 e. The van der Waals surface area contributed by atoms with Crippen molar-refractivity contribution >= 4 is 21.1 Å². The molecule has 1 aromatic heterocycles. The topological polar surface area (TPSA) is 45.6 Å². The minimum absolute atomic E-state index is 0.731. The zero-order valence-corrected chi connectivity index (χ0v) is 13.2. The molecule has 0 atom stereocenters. The lowest BCUT2D eigenvalue weighted by Gasteiger charge is -2.14. The number of nitrogens with zero attached hydrogens (tertiary/aromatic N) is 3. The molecule has 110 valence electrons. The summed E-state index contributed by atoms with van der Waals surface area (Å²) in [6.45, 7) is 0.935. The molecule has 0 amide bonds. The van der Waals surface area contributed by atoms with Crippen molar-refractivity contribution in [3.63, 3.8) is 0 Å². The van der Waals surface area contributed by atoms with Crippen molar-refractivity contribution < 1.29 is 8.42 Å². The molecule has 6 heteroatoms. The van der Waals surface area contributed by atoms with Gasteiger partial charge in [-0.3, -0.25) is 0 Å². The molecule has 1 heterocycles. The van der Waals surface area contributed by atoms with Crippen LogP contribution >= 0.6 is 0 Å². The lowest BCUT2D eigenvalue weighted by Crippen LogP contribution is -2.28. The van der Waals surface area contributed by atoms with Crippen molar-refractivity contribution in [2.24, 2.45) is 0 Å². The number of likely N-dealkylation sites (N-methyl/N-ethyl adjacent to an activating group) is 1. The van der Waals surface area contributed by atoms with Gasteiger partial charge < -0.3 is 4.90 Å². The zero-order valence-electron chi connectivity index (χ0n) is 12.4. The van der Waals surface area contributed by atoms with Gasteiger partial charge in [-0.05, 0) is 38.2 Å². The normalized spacial score (nSPS) is 12.7. The molecule has 1 aromatic carbocycles. The molecule has 0 spiro atoms. The fourth-order valence-electron chi connectivity index (χ4n) is 2.15. The molecule has 0 aliphatic heterocycles. The number of hydrogen-bond acceptors (Lipinski definition) is 3. The van der Waals surface area contributed by atoms with Crippen LogP contribution in [0.15, 0.2) is 30.5 Å². The third-order valence-corrected chi connectivity index (χ3v) is 5.06. The van der Waals surface area contributed by atoms with E-state index in [2.05, 4.69) is 11.0 Å². The third kappa shape index (κ3) is 2.72. The van der Waals surface area contributed by atoms with Gasteiger partial charge in [0.15, 0.2) is 0 Å². The molecule has 0 saturated heterocycles. The Balaban J connectivity index is 2.50. The van der Waals surface area contributed by atoms with E-state index in [1.165, 1.54) is 27.9 Å². The van der Waals surface area contributed by atoms with Crippen molar-refractivity contribution in [3.05, 3.63) is 36.0 Å². The summed E-state index contributed by atoms with van der Waals surface area (Å²) in [4.78, 5) is 2.12. The molecule has 2 aromatic rings. The number of rotatable bonds is 5. The van der Waals surface area contributed by atoms with E-state index in [0.717, 1.165) is 23.9 Å². The van der Waals surface area contributed by atoms with Crippen LogP contribution in [0.4, 0.5) is 0 Å². The highest BCUT2D eigenvalue weighted by Gasteiger charge is 2.18. The minimum atomic E-state index is -3.47. The SMILES string of the molecule is CN(C)CCc1cccc2c1ccn2S(=O)(=O)N(C)C. The van der Waals surface area contributed by atoms with Gasteiger partial charge in [-0.2, -0.15) is 12.7 Å². The Kier molecular flexibility index (Phi) is 4.17. The quantitative estimate of drug-likeness (QED) is 0.837. The van der Waals surface area contributed by atoms with Crippen LogP contribution in [0.3, 0.4) is 0 Å². The van der Waals surface area contributed by atoms with Gasteiger partial charge in [0.25, 0.3) is 0 Å². The summed E-state index contributed by atoms with van der Waals surface area (Å²) >= 11 is 0. The highest BCUT2D eigenvalue weighted by atomic mass is 32.2. The molecule has 2 rings (SSSR count). The maximum Gasteiger partial charge on any atom is 0.307 e. The second-order valence-electron chi connectivity index (χ2n) is 5.30. The van der Waals surface area contributed by atoms with E-state index in [4.69, 9.17) is 0 Å². The van der Waals surface area contributed by atoms with Crippen LogP contribution in [-0.2, 0) is 16.6 Å². The summed E-state index contributed by atoms with van der Waals surface area (Å²) < 4.78 is 27.1. The van der Waals surface area contributed by atoms with E-state index >= 15 is 0 Å². The van der Waals surface area contributed by atoms with Gasteiger partial charge in [0.05, 0.1) is 5.52 Å². The first-order valence-corrected chi connectivity index (χ1v) is 7.90. The van der Waals surface area contributed by atoms with Gasteiger partial charge in [0.1, 0.15) is 0 Å². The summed E-state index contributed by atoms with van der Waals surface area (Å²) in [6, 6.07) is 7.68. The molecule has 0 bridgehead atoms. The second kappa shape index (κ2) is 5.55. The Bertz CT molecular complexity index is 702. The van der Waals surface area contributed by atoms with Crippen LogP contribution < -0.4 is 0 Å². The molecule has 20 heavy (non-hydrogen) atoms. The van der Waals surface area contributed by atoms with E-state index in [9.17, 15) is 8.42 Å². The van der Waals surface area contributed by atoms with Crippen molar-refractivity contribution in [1.82, 2.24) is 13.2 Å². The second-order valence-corrected chi connectivity index (χ2v) is 7.32. The predicted octanol–water partition coefficient (Wildman–Crippen LogP) is 1.40. The van der Waals surface area contributed by atoms with Gasteiger partial charge in [-0.25, -0.2) is 3.97 Å². The van der Waals surface area contributed by atoms with E-state index < -0.39 is 10.2 Å². The summed E-state index contributed by atoms with van der Waals surface area (Å²) in [5.41, 5.74) is 1.90. The standard InChI is InChI=1S/C14H21N3O2S/c1-15(2)10-8-12-6-5-7-14-13(12)9-11-17(14)20(18,19)16(3)4/h5-7,9,11H,8,10H2,1-4H3. The van der Waals surface area contributed by atoms with Crippen LogP contribution in [0.1, 0.15) is 5.56 Å². The van der Waals surface area contributed by atoms with Crippen LogP contribution in [-0.4, -0.2) is 56.3 Å². The molecular formula is C14H21N3O2S. The molecule has 0 N–H and O–H groups in total. The summed E-state index contributed by atoms with van der Waals surface area (Å²) in [5, 5.41) is 1.000. The molecule has 0 aliphatic carbocycles. The number of aromatic nitrogens is 1. The Morgan fingerprint density at radius 2 is 1.80 bits per heavy atom. The third-order valence-electron chi connectivity index (χ3n) is 3.33. The van der Waals surface area contributed by atoms with E-state index in [1.807, 2.05) is 32.3 Å². The average Bonchev–Trinajstić information content (AvgIpc) is 2.80. The monoisotopic (exact) mass is 295 g/mol. The Morgan fingerprint density at radius 1 is 1.10 bits per heavy atom. The Hall–Kier alpha value is -1.37. The fourth-order valence-corrected chi connectivity index (χ4v) is 3.12. The molecule has 0 fully saturated rings. The minimum Gasteiger partial charge on any atom is -0.309 e. The maximum absolute atomic E-state index is 12.3. The maximum atomic E-state index is 12.3. The smallest absolute Gasteiger partial charge is 0.307 e. The van der Waals surface area contributed by atoms with Gasteiger partial charge in [0.2, 0.25) is 0 Å². The molecule has 5 nitrogen and oxygen atoms in total. The first-order valence-electron chi connectivity index (χ1n) is 6.50. The summed E-state index contributed by atoms with van der Waals surface area (Å²) in [7, 11) is 3.67. The first-order chi connectivity index (χ1) is 9.34. The molecule has 0 radical (unpaired) electrons. The Labute approximate surface area is 120 Å². The van der Waals surface area contributed by atoms with Gasteiger partial charge in [-0.15, -0.1) is 0 Å². The number of benzene rings is 1. The average molecular weight is 295 g/mol. The Morgan fingerprint density at radius 3 is 2.40 bits per heavy atom. The van der Waals surface area contributed by atoms with Gasteiger partial charge in [-0.1, -0.05) is 12.1 Å². The van der Waals surface area contributed by atoms with Gasteiger partial charge in [0, 0.05) is 32.2 Å². The highest BCUT2D eigenvalue weighted by molar-refractivity contribution is 7.87. The highest BCUT2D eigenvalue weighted by Crippen LogP contribution is 2.23.